The van der Waals surface area contributed by atoms with Crippen LogP contribution >= 0.6 is 0 Å². The minimum Gasteiger partial charge on any atom is -0.353 e. The summed E-state index contributed by atoms with van der Waals surface area (Å²) in [4.78, 5) is 8.48. The Balaban J connectivity index is 2.06. The lowest BCUT2D eigenvalue weighted by Crippen LogP contribution is -2.04. The van der Waals surface area contributed by atoms with Gasteiger partial charge >= 0.3 is 0 Å². The second-order valence-corrected chi connectivity index (χ2v) is 4.18. The van der Waals surface area contributed by atoms with Crippen LogP contribution in [0.4, 0.5) is 5.95 Å². The zero-order valence-corrected chi connectivity index (χ0v) is 10.9. The molecule has 0 aliphatic rings. The number of benzene rings is 1. The molecule has 4 heteroatoms. The van der Waals surface area contributed by atoms with Crippen molar-refractivity contribution in [3.8, 4) is 17.2 Å². The van der Waals surface area contributed by atoms with Crippen molar-refractivity contribution in [1.29, 1.82) is 5.26 Å². The normalized spacial score (nSPS) is 9.89. The molecule has 0 unspecified atom stereocenters. The molecule has 0 spiro atoms. The molecule has 1 aromatic carbocycles. The van der Waals surface area contributed by atoms with Gasteiger partial charge in [0, 0.05) is 24.5 Å². The van der Waals surface area contributed by atoms with E-state index in [1.807, 2.05) is 0 Å². The first-order valence-corrected chi connectivity index (χ1v) is 6.35. The van der Waals surface area contributed by atoms with Crippen LogP contribution < -0.4 is 5.32 Å². The van der Waals surface area contributed by atoms with E-state index in [1.54, 1.807) is 12.4 Å². The maximum atomic E-state index is 8.45. The van der Waals surface area contributed by atoms with Crippen molar-refractivity contribution in [2.45, 2.75) is 19.8 Å². The SMILES string of the molecule is CCc1ccc(-c2cnc(NCCC#N)nc2)cc1. The van der Waals surface area contributed by atoms with Gasteiger partial charge in [0.05, 0.1) is 12.5 Å². The molecular weight excluding hydrogens is 236 g/mol. The number of nitrogens with zero attached hydrogens (tertiary/aromatic N) is 3. The molecule has 0 amide bonds. The minimum absolute atomic E-state index is 0.448. The number of nitrogens with one attached hydrogen (secondary N) is 1. The Kier molecular flexibility index (Phi) is 4.46. The molecule has 0 aliphatic carbocycles. The fourth-order valence-electron chi connectivity index (χ4n) is 1.73. The van der Waals surface area contributed by atoms with Crippen molar-refractivity contribution in [3.63, 3.8) is 0 Å². The Morgan fingerprint density at radius 1 is 1.11 bits per heavy atom. The average molecular weight is 252 g/mol. The summed E-state index contributed by atoms with van der Waals surface area (Å²) in [6, 6.07) is 10.5. The first-order chi connectivity index (χ1) is 9.33. The molecule has 0 saturated heterocycles. The van der Waals surface area contributed by atoms with Crippen molar-refractivity contribution < 1.29 is 0 Å². The number of nitriles is 1. The van der Waals surface area contributed by atoms with Crippen LogP contribution in [0.2, 0.25) is 0 Å². The van der Waals surface area contributed by atoms with Crippen LogP contribution in [0.25, 0.3) is 11.1 Å². The third-order valence-corrected chi connectivity index (χ3v) is 2.87. The topological polar surface area (TPSA) is 61.6 Å². The number of anilines is 1. The van der Waals surface area contributed by atoms with Gasteiger partial charge in [0.25, 0.3) is 0 Å². The predicted molar refractivity (Wildman–Crippen MR) is 75.6 cm³/mol. The molecule has 0 atom stereocenters. The van der Waals surface area contributed by atoms with Gasteiger partial charge in [-0.05, 0) is 17.5 Å². The summed E-state index contributed by atoms with van der Waals surface area (Å²) in [5, 5.41) is 11.4. The fraction of sp³-hybridized carbons (Fsp3) is 0.267. The van der Waals surface area contributed by atoms with Crippen LogP contribution in [0.3, 0.4) is 0 Å². The molecule has 2 aromatic rings. The predicted octanol–water partition coefficient (Wildman–Crippen LogP) is 3.03. The van der Waals surface area contributed by atoms with E-state index in [1.165, 1.54) is 5.56 Å². The van der Waals surface area contributed by atoms with Crippen molar-refractivity contribution in [2.75, 3.05) is 11.9 Å². The van der Waals surface area contributed by atoms with Crippen LogP contribution in [0.15, 0.2) is 36.7 Å². The number of hydrogen-bond acceptors (Lipinski definition) is 4. The highest BCUT2D eigenvalue weighted by Crippen LogP contribution is 2.18. The summed E-state index contributed by atoms with van der Waals surface area (Å²) in [7, 11) is 0. The highest BCUT2D eigenvalue weighted by atomic mass is 15.1. The lowest BCUT2D eigenvalue weighted by atomic mass is 10.1. The van der Waals surface area contributed by atoms with E-state index in [2.05, 4.69) is 52.5 Å². The molecule has 0 fully saturated rings. The molecule has 0 bridgehead atoms. The van der Waals surface area contributed by atoms with E-state index in [-0.39, 0.29) is 0 Å². The first-order valence-electron chi connectivity index (χ1n) is 6.35. The molecule has 96 valence electrons. The number of hydrogen-bond donors (Lipinski definition) is 1. The zero-order chi connectivity index (χ0) is 13.5. The summed E-state index contributed by atoms with van der Waals surface area (Å²) < 4.78 is 0. The van der Waals surface area contributed by atoms with E-state index in [0.717, 1.165) is 17.5 Å². The molecule has 4 nitrogen and oxygen atoms in total. The van der Waals surface area contributed by atoms with Crippen molar-refractivity contribution >= 4 is 5.95 Å². The van der Waals surface area contributed by atoms with E-state index < -0.39 is 0 Å². The molecule has 1 heterocycles. The molecule has 1 N–H and O–H groups in total. The van der Waals surface area contributed by atoms with Gasteiger partial charge in [-0.15, -0.1) is 0 Å². The monoisotopic (exact) mass is 252 g/mol. The molecular formula is C15H16N4. The van der Waals surface area contributed by atoms with Gasteiger partial charge in [0.15, 0.2) is 0 Å². The van der Waals surface area contributed by atoms with Crippen molar-refractivity contribution in [3.05, 3.63) is 42.2 Å². The van der Waals surface area contributed by atoms with Crippen molar-refractivity contribution in [2.24, 2.45) is 0 Å². The van der Waals surface area contributed by atoms with E-state index >= 15 is 0 Å². The third kappa shape index (κ3) is 3.52. The molecule has 1 aromatic heterocycles. The van der Waals surface area contributed by atoms with Gasteiger partial charge in [0.1, 0.15) is 0 Å². The van der Waals surface area contributed by atoms with Gasteiger partial charge in [-0.1, -0.05) is 31.2 Å². The van der Waals surface area contributed by atoms with Gasteiger partial charge < -0.3 is 5.32 Å². The lowest BCUT2D eigenvalue weighted by Gasteiger charge is -2.05. The second-order valence-electron chi connectivity index (χ2n) is 4.18. The smallest absolute Gasteiger partial charge is 0.222 e. The molecule has 0 radical (unpaired) electrons. The van der Waals surface area contributed by atoms with Crippen molar-refractivity contribution in [1.82, 2.24) is 9.97 Å². The Morgan fingerprint density at radius 2 is 1.79 bits per heavy atom. The third-order valence-electron chi connectivity index (χ3n) is 2.87. The fourth-order valence-corrected chi connectivity index (χ4v) is 1.73. The molecule has 0 saturated carbocycles. The summed E-state index contributed by atoms with van der Waals surface area (Å²) in [5.41, 5.74) is 3.42. The Labute approximate surface area is 113 Å². The Hall–Kier alpha value is -2.41. The minimum atomic E-state index is 0.448. The lowest BCUT2D eigenvalue weighted by molar-refractivity contribution is 1.02. The highest BCUT2D eigenvalue weighted by Gasteiger charge is 2.00. The largest absolute Gasteiger partial charge is 0.353 e. The summed E-state index contributed by atoms with van der Waals surface area (Å²) in [5.74, 6) is 0.559. The molecule has 2 rings (SSSR count). The van der Waals surface area contributed by atoms with E-state index in [9.17, 15) is 0 Å². The number of rotatable bonds is 5. The average Bonchev–Trinajstić information content (AvgIpc) is 2.48. The maximum Gasteiger partial charge on any atom is 0.222 e. The van der Waals surface area contributed by atoms with Crippen LogP contribution in [0.1, 0.15) is 18.9 Å². The van der Waals surface area contributed by atoms with Gasteiger partial charge in [0.2, 0.25) is 5.95 Å². The highest BCUT2D eigenvalue weighted by molar-refractivity contribution is 5.62. The van der Waals surface area contributed by atoms with Crippen LogP contribution in [0, 0.1) is 11.3 Å². The van der Waals surface area contributed by atoms with Gasteiger partial charge in [-0.25, -0.2) is 9.97 Å². The number of aryl methyl sites for hydroxylation is 1. The van der Waals surface area contributed by atoms with Gasteiger partial charge in [-0.3, -0.25) is 0 Å². The number of aromatic nitrogens is 2. The summed E-state index contributed by atoms with van der Waals surface area (Å²) in [6.07, 6.45) is 5.08. The standard InChI is InChI=1S/C15H16N4/c1-2-12-4-6-13(7-5-12)14-10-18-15(19-11-14)17-9-3-8-16/h4-7,10-11H,2-3,9H2,1H3,(H,17,18,19). The first kappa shape index (κ1) is 13.0. The Morgan fingerprint density at radius 3 is 2.37 bits per heavy atom. The quantitative estimate of drug-likeness (QED) is 0.831. The maximum absolute atomic E-state index is 8.45. The van der Waals surface area contributed by atoms with E-state index in [4.69, 9.17) is 5.26 Å². The zero-order valence-electron chi connectivity index (χ0n) is 10.9. The molecule has 19 heavy (non-hydrogen) atoms. The molecule has 0 aliphatic heterocycles. The van der Waals surface area contributed by atoms with Crippen LogP contribution in [-0.4, -0.2) is 16.5 Å². The second kappa shape index (κ2) is 6.50. The summed E-state index contributed by atoms with van der Waals surface area (Å²) >= 11 is 0. The van der Waals surface area contributed by atoms with Crippen LogP contribution in [0.5, 0.6) is 0 Å². The van der Waals surface area contributed by atoms with E-state index in [0.29, 0.717) is 18.9 Å². The Bertz CT molecular complexity index is 552. The summed E-state index contributed by atoms with van der Waals surface area (Å²) in [6.45, 7) is 2.71. The van der Waals surface area contributed by atoms with Gasteiger partial charge in [-0.2, -0.15) is 5.26 Å². The van der Waals surface area contributed by atoms with Crippen LogP contribution in [-0.2, 0) is 6.42 Å².